The zero-order chi connectivity index (χ0) is 20.8. The Balaban J connectivity index is 1.65. The summed E-state index contributed by atoms with van der Waals surface area (Å²) < 4.78 is 12.2. The topological polar surface area (TPSA) is 68.7 Å². The third-order valence-corrected chi connectivity index (χ3v) is 5.96. The number of ether oxygens (including phenoxy) is 2. The van der Waals surface area contributed by atoms with Crippen LogP contribution in [0.2, 0.25) is 0 Å². The molecule has 0 fully saturated rings. The number of carboxylic acids is 1. The van der Waals surface area contributed by atoms with Crippen LogP contribution in [0.3, 0.4) is 0 Å². The van der Waals surface area contributed by atoms with E-state index < -0.39 is 11.6 Å². The first-order chi connectivity index (χ1) is 13.8. The van der Waals surface area contributed by atoms with Crippen molar-refractivity contribution in [1.29, 1.82) is 0 Å². The molecule has 1 N–H and O–H groups in total. The fourth-order valence-electron chi connectivity index (χ4n) is 3.94. The number of carboxylic acid groups (broad SMARTS) is 1. The van der Waals surface area contributed by atoms with Gasteiger partial charge in [0.1, 0.15) is 18.1 Å². The number of nitrogens with zero attached hydrogens (tertiary/aromatic N) is 1. The number of pyridine rings is 1. The van der Waals surface area contributed by atoms with Crippen LogP contribution in [-0.2, 0) is 17.8 Å². The van der Waals surface area contributed by atoms with Gasteiger partial charge < -0.3 is 14.6 Å². The first kappa shape index (κ1) is 19.2. The normalized spacial score (nSPS) is 18.2. The number of rotatable bonds is 4. The molecular formula is C24H25NO4. The van der Waals surface area contributed by atoms with Crippen molar-refractivity contribution in [3.05, 3.63) is 64.3 Å². The van der Waals surface area contributed by atoms with E-state index in [0.717, 1.165) is 44.6 Å². The van der Waals surface area contributed by atoms with E-state index in [2.05, 4.69) is 11.1 Å². The Hall–Kier alpha value is -3.08. The van der Waals surface area contributed by atoms with Crippen LogP contribution in [-0.4, -0.2) is 21.7 Å². The zero-order valence-electron chi connectivity index (χ0n) is 17.2. The van der Waals surface area contributed by atoms with Crippen LogP contribution in [0.5, 0.6) is 11.5 Å². The lowest BCUT2D eigenvalue weighted by atomic mass is 9.87. The Labute approximate surface area is 170 Å². The fourth-order valence-corrected chi connectivity index (χ4v) is 3.94. The molecule has 1 aromatic heterocycles. The van der Waals surface area contributed by atoms with Crippen molar-refractivity contribution >= 4 is 16.9 Å². The van der Waals surface area contributed by atoms with E-state index >= 15 is 0 Å². The molecule has 2 heterocycles. The maximum atomic E-state index is 11.6. The standard InChI is InChI=1S/C24H25NO4/c1-14-15(2)22-19(11-12-24(4,29-22)23(26)27)16(3)21(14)28-13-18-10-9-17-7-5-6-8-20(17)25-18/h5-10H,11-13H2,1-4H3,(H,26,27). The molecule has 0 saturated carbocycles. The largest absolute Gasteiger partial charge is 0.487 e. The second-order valence-corrected chi connectivity index (χ2v) is 7.93. The second-order valence-electron chi connectivity index (χ2n) is 7.93. The maximum absolute atomic E-state index is 11.6. The highest BCUT2D eigenvalue weighted by Crippen LogP contribution is 2.44. The van der Waals surface area contributed by atoms with Crippen molar-refractivity contribution in [3.63, 3.8) is 0 Å². The third kappa shape index (κ3) is 3.31. The van der Waals surface area contributed by atoms with E-state index in [1.54, 1.807) is 6.92 Å². The van der Waals surface area contributed by atoms with Crippen molar-refractivity contribution in [2.45, 2.75) is 52.7 Å². The van der Waals surface area contributed by atoms with Gasteiger partial charge in [-0.2, -0.15) is 0 Å². The van der Waals surface area contributed by atoms with Crippen LogP contribution in [0.1, 0.15) is 41.3 Å². The molecule has 0 radical (unpaired) electrons. The van der Waals surface area contributed by atoms with Crippen molar-refractivity contribution in [2.75, 3.05) is 0 Å². The maximum Gasteiger partial charge on any atom is 0.347 e. The van der Waals surface area contributed by atoms with Crippen LogP contribution in [0.25, 0.3) is 10.9 Å². The van der Waals surface area contributed by atoms with E-state index in [0.29, 0.717) is 25.2 Å². The summed E-state index contributed by atoms with van der Waals surface area (Å²) >= 11 is 0. The predicted octanol–water partition coefficient (Wildman–Crippen LogP) is 4.91. The lowest BCUT2D eigenvalue weighted by Gasteiger charge is -2.35. The molecule has 29 heavy (non-hydrogen) atoms. The number of fused-ring (bicyclic) bond motifs is 2. The quantitative estimate of drug-likeness (QED) is 0.685. The smallest absolute Gasteiger partial charge is 0.347 e. The lowest BCUT2D eigenvalue weighted by molar-refractivity contribution is -0.155. The molecule has 5 nitrogen and oxygen atoms in total. The van der Waals surface area contributed by atoms with Crippen LogP contribution in [0.4, 0.5) is 0 Å². The number of carbonyl (C=O) groups is 1. The number of hydrogen-bond acceptors (Lipinski definition) is 4. The Morgan fingerprint density at radius 3 is 2.66 bits per heavy atom. The summed E-state index contributed by atoms with van der Waals surface area (Å²) in [5.74, 6) is 0.589. The molecule has 1 unspecified atom stereocenters. The first-order valence-electron chi connectivity index (χ1n) is 9.82. The number of benzene rings is 2. The van der Waals surface area contributed by atoms with Gasteiger partial charge in [0.15, 0.2) is 0 Å². The van der Waals surface area contributed by atoms with Gasteiger partial charge in [-0.3, -0.25) is 0 Å². The minimum absolute atomic E-state index is 0.373. The Bertz CT molecular complexity index is 1120. The summed E-state index contributed by atoms with van der Waals surface area (Å²) in [6.45, 7) is 7.97. The number of aliphatic carboxylic acids is 1. The summed E-state index contributed by atoms with van der Waals surface area (Å²) in [6.07, 6.45) is 1.08. The third-order valence-electron chi connectivity index (χ3n) is 5.96. The second kappa shape index (κ2) is 7.07. The van der Waals surface area contributed by atoms with E-state index in [9.17, 15) is 9.90 Å². The highest BCUT2D eigenvalue weighted by molar-refractivity contribution is 5.79. The van der Waals surface area contributed by atoms with Crippen molar-refractivity contribution in [2.24, 2.45) is 0 Å². The summed E-state index contributed by atoms with van der Waals surface area (Å²) in [6, 6.07) is 12.1. The molecule has 0 spiro atoms. The molecule has 150 valence electrons. The predicted molar refractivity (Wildman–Crippen MR) is 112 cm³/mol. The lowest BCUT2D eigenvalue weighted by Crippen LogP contribution is -2.44. The highest BCUT2D eigenvalue weighted by atomic mass is 16.5. The van der Waals surface area contributed by atoms with Gasteiger partial charge in [-0.25, -0.2) is 9.78 Å². The minimum atomic E-state index is -1.19. The summed E-state index contributed by atoms with van der Waals surface area (Å²) in [7, 11) is 0. The molecular weight excluding hydrogens is 366 g/mol. The molecule has 3 aromatic rings. The van der Waals surface area contributed by atoms with E-state index in [4.69, 9.17) is 9.47 Å². The Kier molecular flexibility index (Phi) is 4.69. The Morgan fingerprint density at radius 2 is 1.90 bits per heavy atom. The van der Waals surface area contributed by atoms with Gasteiger partial charge in [-0.15, -0.1) is 0 Å². The average Bonchev–Trinajstić information content (AvgIpc) is 2.72. The zero-order valence-corrected chi connectivity index (χ0v) is 17.2. The molecule has 5 heteroatoms. The SMILES string of the molecule is Cc1c(C)c2c(c(C)c1OCc1ccc3ccccc3n1)CCC(C)(C(=O)O)O2. The van der Waals surface area contributed by atoms with Gasteiger partial charge in [-0.05, 0) is 62.9 Å². The molecule has 4 rings (SSSR count). The van der Waals surface area contributed by atoms with E-state index in [1.165, 1.54) is 0 Å². The first-order valence-corrected chi connectivity index (χ1v) is 9.82. The van der Waals surface area contributed by atoms with Crippen molar-refractivity contribution in [1.82, 2.24) is 4.98 Å². The average molecular weight is 391 g/mol. The van der Waals surface area contributed by atoms with Crippen molar-refractivity contribution in [3.8, 4) is 11.5 Å². The monoisotopic (exact) mass is 391 g/mol. The van der Waals surface area contributed by atoms with Gasteiger partial charge in [0.2, 0.25) is 5.60 Å². The number of hydrogen-bond donors (Lipinski definition) is 1. The van der Waals surface area contributed by atoms with Gasteiger partial charge in [0.05, 0.1) is 11.2 Å². The summed E-state index contributed by atoms with van der Waals surface area (Å²) in [5.41, 5.74) is 4.58. The van der Waals surface area contributed by atoms with Gasteiger partial charge >= 0.3 is 5.97 Å². The molecule has 0 amide bonds. The molecule has 0 saturated heterocycles. The van der Waals surface area contributed by atoms with E-state index in [-0.39, 0.29) is 0 Å². The van der Waals surface area contributed by atoms with Crippen molar-refractivity contribution < 1.29 is 19.4 Å². The van der Waals surface area contributed by atoms with Crippen LogP contribution < -0.4 is 9.47 Å². The molecule has 0 aliphatic carbocycles. The van der Waals surface area contributed by atoms with Gasteiger partial charge in [0.25, 0.3) is 0 Å². The fraction of sp³-hybridized carbons (Fsp3) is 0.333. The minimum Gasteiger partial charge on any atom is -0.487 e. The number of para-hydroxylation sites is 1. The van der Waals surface area contributed by atoms with Crippen LogP contribution in [0, 0.1) is 20.8 Å². The van der Waals surface area contributed by atoms with Gasteiger partial charge in [0, 0.05) is 17.4 Å². The molecule has 2 aromatic carbocycles. The number of aromatic nitrogens is 1. The summed E-state index contributed by atoms with van der Waals surface area (Å²) in [4.78, 5) is 16.3. The molecule has 1 aliphatic rings. The summed E-state index contributed by atoms with van der Waals surface area (Å²) in [5, 5.41) is 10.6. The molecule has 1 atom stereocenters. The van der Waals surface area contributed by atoms with Crippen LogP contribution >= 0.6 is 0 Å². The van der Waals surface area contributed by atoms with Gasteiger partial charge in [-0.1, -0.05) is 24.3 Å². The highest BCUT2D eigenvalue weighted by Gasteiger charge is 2.40. The molecule has 1 aliphatic heterocycles. The van der Waals surface area contributed by atoms with E-state index in [1.807, 2.05) is 51.1 Å². The Morgan fingerprint density at radius 1 is 1.14 bits per heavy atom. The molecule has 0 bridgehead atoms. The van der Waals surface area contributed by atoms with Crippen LogP contribution in [0.15, 0.2) is 36.4 Å².